The van der Waals surface area contributed by atoms with E-state index in [2.05, 4.69) is 25.3 Å². The molecule has 1 aromatic heterocycles. The van der Waals surface area contributed by atoms with Crippen molar-refractivity contribution in [1.29, 1.82) is 0 Å². The molecule has 0 amide bonds. The number of nitrogens with zero attached hydrogens (tertiary/aromatic N) is 5. The van der Waals surface area contributed by atoms with Gasteiger partial charge in [-0.3, -0.25) is 4.72 Å². The van der Waals surface area contributed by atoms with Crippen LogP contribution in [0, 0.1) is 0 Å². The van der Waals surface area contributed by atoms with Gasteiger partial charge in [0.25, 0.3) is 5.13 Å². The van der Waals surface area contributed by atoms with E-state index in [0.717, 1.165) is 36.2 Å². The molecule has 0 spiro atoms. The molecule has 1 aromatic carbocycles. The van der Waals surface area contributed by atoms with Gasteiger partial charge in [-0.05, 0) is 56.7 Å². The van der Waals surface area contributed by atoms with Crippen LogP contribution in [0.25, 0.3) is 0 Å². The number of fused-ring (bicyclic) bond motifs is 1. The van der Waals surface area contributed by atoms with Gasteiger partial charge in [-0.25, -0.2) is 4.79 Å². The number of nitrogens with one attached hydrogen (secondary N) is 1. The van der Waals surface area contributed by atoms with E-state index in [1.165, 1.54) is 12.1 Å². The van der Waals surface area contributed by atoms with Gasteiger partial charge in [0.05, 0.1) is 11.8 Å². The van der Waals surface area contributed by atoms with Gasteiger partial charge in [-0.15, -0.1) is 20.4 Å². The second kappa shape index (κ2) is 11.7. The molecule has 1 aliphatic rings. The Balaban J connectivity index is 2.00. The molecule has 2 heterocycles. The first kappa shape index (κ1) is 28.8. The maximum atomic E-state index is 13.2. The Morgan fingerprint density at radius 1 is 1.19 bits per heavy atom. The molecule has 1 aliphatic heterocycles. The second-order valence-electron chi connectivity index (χ2n) is 8.53. The van der Waals surface area contributed by atoms with Crippen LogP contribution in [0.15, 0.2) is 22.4 Å². The van der Waals surface area contributed by atoms with Gasteiger partial charge in [0.15, 0.2) is 0 Å². The molecule has 0 aliphatic carbocycles. The lowest BCUT2D eigenvalue weighted by atomic mass is 9.97. The normalized spacial score (nSPS) is 15.2. The van der Waals surface area contributed by atoms with Crippen LogP contribution < -0.4 is 9.62 Å². The first-order valence-corrected chi connectivity index (χ1v) is 14.2. The van der Waals surface area contributed by atoms with Gasteiger partial charge < -0.3 is 9.64 Å². The van der Waals surface area contributed by atoms with E-state index < -0.39 is 21.5 Å². The molecule has 10 nitrogen and oxygen atoms in total. The average Bonchev–Trinajstić information content (AvgIpc) is 3.32. The monoisotopic (exact) mass is 562 g/mol. The number of benzene rings is 1. The summed E-state index contributed by atoms with van der Waals surface area (Å²) in [5.41, 5.74) is -4.52. The molecule has 0 saturated carbocycles. The molecule has 204 valence electrons. The van der Waals surface area contributed by atoms with Crippen molar-refractivity contribution in [2.75, 3.05) is 16.2 Å². The largest absolute Gasteiger partial charge is 0.516 e. The lowest BCUT2D eigenvalue weighted by Gasteiger charge is -2.38. The highest BCUT2D eigenvalue weighted by molar-refractivity contribution is 7.93. The molecule has 3 rings (SSSR count). The first-order chi connectivity index (χ1) is 17.4. The molecular formula is C22H29F3N6O4S2. The van der Waals surface area contributed by atoms with Crippen molar-refractivity contribution < 1.29 is 31.1 Å². The van der Waals surface area contributed by atoms with E-state index in [-0.39, 0.29) is 33.7 Å². The molecule has 0 fully saturated rings. The Hall–Kier alpha value is -2.81. The van der Waals surface area contributed by atoms with Crippen LogP contribution in [0.3, 0.4) is 0 Å². The predicted molar refractivity (Wildman–Crippen MR) is 134 cm³/mol. The number of hydrogen-bond acceptors (Lipinski definition) is 10. The fourth-order valence-corrected chi connectivity index (χ4v) is 4.99. The van der Waals surface area contributed by atoms with Crippen LogP contribution in [0.4, 0.5) is 35.4 Å². The minimum Gasteiger partial charge on any atom is -0.457 e. The number of sulfonamides is 1. The number of aryl methyl sites for hydroxylation is 1. The van der Waals surface area contributed by atoms with E-state index in [1.807, 2.05) is 20.8 Å². The zero-order chi connectivity index (χ0) is 27.4. The highest BCUT2D eigenvalue weighted by Gasteiger charge is 2.46. The Kier molecular flexibility index (Phi) is 9.10. The SMILES string of the molecule is CCC(C)OC(=O)c1nnc(N=Nc2cc3c(cc2NS(=O)(=O)C(F)(F)F)N(C(CC)CC)CCC3)s1. The van der Waals surface area contributed by atoms with E-state index in [4.69, 9.17) is 4.74 Å². The summed E-state index contributed by atoms with van der Waals surface area (Å²) < 4.78 is 70.2. The summed E-state index contributed by atoms with van der Waals surface area (Å²) in [4.78, 5) is 14.2. The molecule has 15 heteroatoms. The van der Waals surface area contributed by atoms with Crippen molar-refractivity contribution >= 4 is 49.5 Å². The summed E-state index contributed by atoms with van der Waals surface area (Å²) >= 11 is 0.791. The number of anilines is 2. The minimum atomic E-state index is -5.71. The number of aromatic nitrogens is 2. The van der Waals surface area contributed by atoms with Crippen molar-refractivity contribution in [1.82, 2.24) is 10.2 Å². The average molecular weight is 563 g/mol. The molecule has 0 radical (unpaired) electrons. The fourth-order valence-electron chi connectivity index (χ4n) is 3.88. The molecule has 0 bridgehead atoms. The number of azo groups is 1. The van der Waals surface area contributed by atoms with Gasteiger partial charge in [0.2, 0.25) is 5.01 Å². The number of rotatable bonds is 10. The van der Waals surface area contributed by atoms with Gasteiger partial charge in [0, 0.05) is 18.3 Å². The van der Waals surface area contributed by atoms with E-state index >= 15 is 0 Å². The summed E-state index contributed by atoms with van der Waals surface area (Å²) in [5, 5.41) is 15.3. The summed E-state index contributed by atoms with van der Waals surface area (Å²) in [6, 6.07) is 3.05. The number of halogens is 3. The van der Waals surface area contributed by atoms with Crippen molar-refractivity contribution in [3.63, 3.8) is 0 Å². The van der Waals surface area contributed by atoms with Crippen LogP contribution in [-0.2, 0) is 21.2 Å². The summed E-state index contributed by atoms with van der Waals surface area (Å²) in [6.07, 6.45) is 3.40. The molecule has 1 N–H and O–H groups in total. The molecule has 0 saturated heterocycles. The van der Waals surface area contributed by atoms with Gasteiger partial charge in [0.1, 0.15) is 5.69 Å². The van der Waals surface area contributed by atoms with Crippen molar-refractivity contribution in [2.24, 2.45) is 10.2 Å². The van der Waals surface area contributed by atoms with Crippen molar-refractivity contribution in [3.8, 4) is 0 Å². The standard InChI is InChI=1S/C22H29F3N6O4S2/c1-5-13(4)35-20(32)19-27-29-21(36-19)28-26-16-11-14-9-8-10-31(15(6-2)7-3)18(14)12-17(16)30-37(33,34)22(23,24)25/h11-13,15,30H,5-10H2,1-4H3. The predicted octanol–water partition coefficient (Wildman–Crippen LogP) is 6.11. The number of hydrogen-bond donors (Lipinski definition) is 1. The first-order valence-electron chi connectivity index (χ1n) is 11.9. The number of carbonyl (C=O) groups is 1. The highest BCUT2D eigenvalue weighted by Crippen LogP contribution is 2.40. The Morgan fingerprint density at radius 2 is 1.89 bits per heavy atom. The highest BCUT2D eigenvalue weighted by atomic mass is 32.2. The quantitative estimate of drug-likeness (QED) is 0.273. The topological polar surface area (TPSA) is 126 Å². The molecule has 37 heavy (non-hydrogen) atoms. The Morgan fingerprint density at radius 3 is 2.51 bits per heavy atom. The summed E-state index contributed by atoms with van der Waals surface area (Å²) in [6.45, 7) is 8.32. The zero-order valence-corrected chi connectivity index (χ0v) is 22.5. The second-order valence-corrected chi connectivity index (χ2v) is 11.2. The lowest BCUT2D eigenvalue weighted by Crippen LogP contribution is -2.38. The third-order valence-electron chi connectivity index (χ3n) is 6.00. The maximum Gasteiger partial charge on any atom is 0.516 e. The van der Waals surface area contributed by atoms with Gasteiger partial charge in [-0.1, -0.05) is 32.1 Å². The Bertz CT molecular complexity index is 1250. The molecule has 1 unspecified atom stereocenters. The number of esters is 1. The number of alkyl halides is 3. The number of ether oxygens (including phenoxy) is 1. The van der Waals surface area contributed by atoms with E-state index in [9.17, 15) is 26.4 Å². The maximum absolute atomic E-state index is 13.2. The minimum absolute atomic E-state index is 0.0443. The fraction of sp³-hybridized carbons (Fsp3) is 0.591. The van der Waals surface area contributed by atoms with Crippen LogP contribution in [0.1, 0.15) is 68.7 Å². The third-order valence-corrected chi connectivity index (χ3v) is 7.88. The zero-order valence-electron chi connectivity index (χ0n) is 20.9. The Labute approximate surface area is 217 Å². The molecular weight excluding hydrogens is 533 g/mol. The van der Waals surface area contributed by atoms with Crippen LogP contribution in [0.5, 0.6) is 0 Å². The van der Waals surface area contributed by atoms with Crippen LogP contribution >= 0.6 is 11.3 Å². The smallest absolute Gasteiger partial charge is 0.457 e. The lowest BCUT2D eigenvalue weighted by molar-refractivity contribution is -0.0429. The van der Waals surface area contributed by atoms with Crippen molar-refractivity contribution in [3.05, 3.63) is 22.7 Å². The van der Waals surface area contributed by atoms with E-state index in [0.29, 0.717) is 25.1 Å². The van der Waals surface area contributed by atoms with E-state index in [1.54, 1.807) is 11.6 Å². The third kappa shape index (κ3) is 6.74. The summed E-state index contributed by atoms with van der Waals surface area (Å²) in [5.74, 6) is -0.679. The van der Waals surface area contributed by atoms with Crippen molar-refractivity contribution in [2.45, 2.75) is 77.5 Å². The van der Waals surface area contributed by atoms with Crippen LogP contribution in [0.2, 0.25) is 0 Å². The number of carbonyl (C=O) groups excluding carboxylic acids is 1. The van der Waals surface area contributed by atoms with Crippen LogP contribution in [-0.4, -0.2) is 48.8 Å². The molecule has 1 atom stereocenters. The summed E-state index contributed by atoms with van der Waals surface area (Å²) in [7, 11) is -5.71. The van der Waals surface area contributed by atoms with Gasteiger partial charge >= 0.3 is 21.5 Å². The van der Waals surface area contributed by atoms with Gasteiger partial charge in [-0.2, -0.15) is 21.6 Å². The molecule has 2 aromatic rings.